The van der Waals surface area contributed by atoms with Gasteiger partial charge in [0.1, 0.15) is 10.4 Å². The Labute approximate surface area is 204 Å². The smallest absolute Gasteiger partial charge is 0.345 e. The van der Waals surface area contributed by atoms with Crippen molar-refractivity contribution in [1.29, 1.82) is 0 Å². The van der Waals surface area contributed by atoms with Gasteiger partial charge in [-0.1, -0.05) is 11.6 Å². The van der Waals surface area contributed by atoms with E-state index in [0.717, 1.165) is 17.8 Å². The molecule has 5 rings (SSSR count). The maximum Gasteiger partial charge on any atom is 0.345 e. The number of aromatic nitrogens is 2. The first-order chi connectivity index (χ1) is 16.3. The SMILES string of the molecule is CCOC(=O)c1c(=O)c2cc(F)c(N3CCN(C(C)C)CC3)nc2n2c1sc1ccc(Cl)cc12. The Morgan fingerprint density at radius 3 is 2.65 bits per heavy atom. The number of rotatable bonds is 4. The molecule has 178 valence electrons. The van der Waals surface area contributed by atoms with E-state index in [2.05, 4.69) is 23.7 Å². The van der Waals surface area contributed by atoms with Crippen LogP contribution in [-0.2, 0) is 4.74 Å². The normalized spacial score (nSPS) is 15.2. The van der Waals surface area contributed by atoms with Crippen molar-refractivity contribution in [2.75, 3.05) is 37.7 Å². The number of piperazine rings is 1. The summed E-state index contributed by atoms with van der Waals surface area (Å²) in [6.45, 7) is 8.92. The van der Waals surface area contributed by atoms with Gasteiger partial charge in [-0.15, -0.1) is 11.3 Å². The van der Waals surface area contributed by atoms with Gasteiger partial charge in [0, 0.05) is 37.2 Å². The molecule has 1 aliphatic rings. The number of carbonyl (C=O) groups is 1. The highest BCUT2D eigenvalue weighted by Gasteiger charge is 2.27. The number of fused-ring (bicyclic) bond motifs is 5. The van der Waals surface area contributed by atoms with Crippen LogP contribution in [0.5, 0.6) is 0 Å². The van der Waals surface area contributed by atoms with Crippen LogP contribution >= 0.6 is 22.9 Å². The van der Waals surface area contributed by atoms with E-state index < -0.39 is 17.2 Å². The predicted molar refractivity (Wildman–Crippen MR) is 134 cm³/mol. The van der Waals surface area contributed by atoms with E-state index in [1.807, 2.05) is 11.0 Å². The van der Waals surface area contributed by atoms with Crippen molar-refractivity contribution in [2.45, 2.75) is 26.8 Å². The van der Waals surface area contributed by atoms with Gasteiger partial charge in [-0.2, -0.15) is 0 Å². The second kappa shape index (κ2) is 8.79. The number of carbonyl (C=O) groups excluding carboxylic acids is 1. The van der Waals surface area contributed by atoms with Crippen LogP contribution in [0, 0.1) is 5.82 Å². The Morgan fingerprint density at radius 1 is 1.24 bits per heavy atom. The first-order valence-corrected chi connectivity index (χ1v) is 12.4. The van der Waals surface area contributed by atoms with E-state index in [4.69, 9.17) is 16.3 Å². The molecule has 0 bridgehead atoms. The molecule has 0 radical (unpaired) electrons. The van der Waals surface area contributed by atoms with E-state index >= 15 is 4.39 Å². The largest absolute Gasteiger partial charge is 0.462 e. The van der Waals surface area contributed by atoms with Crippen LogP contribution in [-0.4, -0.2) is 59.1 Å². The topological polar surface area (TPSA) is 67.2 Å². The fraction of sp³-hybridized carbons (Fsp3) is 0.375. The van der Waals surface area contributed by atoms with Crippen LogP contribution in [0.4, 0.5) is 10.2 Å². The predicted octanol–water partition coefficient (Wildman–Crippen LogP) is 4.56. The van der Waals surface area contributed by atoms with Gasteiger partial charge in [0.25, 0.3) is 0 Å². The van der Waals surface area contributed by atoms with E-state index in [0.29, 0.717) is 40.1 Å². The van der Waals surface area contributed by atoms with E-state index in [9.17, 15) is 9.59 Å². The summed E-state index contributed by atoms with van der Waals surface area (Å²) in [5.41, 5.74) is 0.279. The van der Waals surface area contributed by atoms with Crippen LogP contribution in [0.15, 0.2) is 29.1 Å². The van der Waals surface area contributed by atoms with Gasteiger partial charge in [-0.05, 0) is 45.0 Å². The Morgan fingerprint density at radius 2 is 1.97 bits per heavy atom. The zero-order valence-electron chi connectivity index (χ0n) is 19.1. The average Bonchev–Trinajstić information content (AvgIpc) is 3.17. The molecular formula is C24H24ClFN4O3S. The number of nitrogens with zero attached hydrogens (tertiary/aromatic N) is 4. The van der Waals surface area contributed by atoms with Gasteiger partial charge in [0.15, 0.2) is 17.3 Å². The van der Waals surface area contributed by atoms with Crippen LogP contribution in [0.3, 0.4) is 0 Å². The van der Waals surface area contributed by atoms with Gasteiger partial charge in [-0.3, -0.25) is 14.1 Å². The number of esters is 1. The van der Waals surface area contributed by atoms with Crippen molar-refractivity contribution in [1.82, 2.24) is 14.3 Å². The minimum absolute atomic E-state index is 0.0299. The molecule has 4 heterocycles. The molecule has 1 fully saturated rings. The number of pyridine rings is 2. The third-order valence-electron chi connectivity index (χ3n) is 6.23. The van der Waals surface area contributed by atoms with Crippen LogP contribution in [0.25, 0.3) is 26.1 Å². The first kappa shape index (κ1) is 23.0. The fourth-order valence-corrected chi connectivity index (χ4v) is 5.80. The number of ether oxygens (including phenoxy) is 1. The molecule has 1 aromatic carbocycles. The lowest BCUT2D eigenvalue weighted by Crippen LogP contribution is -2.49. The number of benzene rings is 1. The van der Waals surface area contributed by atoms with Crippen molar-refractivity contribution in [3.63, 3.8) is 0 Å². The average molecular weight is 503 g/mol. The quantitative estimate of drug-likeness (QED) is 0.381. The summed E-state index contributed by atoms with van der Waals surface area (Å²) < 4.78 is 23.0. The van der Waals surface area contributed by atoms with Crippen LogP contribution < -0.4 is 10.3 Å². The monoisotopic (exact) mass is 502 g/mol. The molecule has 0 atom stereocenters. The standard InChI is InChI=1S/C24H24ClFN4O3S/c1-4-33-24(32)19-20(31)15-12-16(26)22(29-9-7-28(8-10-29)13(2)3)27-21(15)30-17-11-14(25)5-6-18(17)34-23(19)30/h5-6,11-13H,4,7-10H2,1-3H3. The summed E-state index contributed by atoms with van der Waals surface area (Å²) >= 11 is 7.55. The molecule has 34 heavy (non-hydrogen) atoms. The lowest BCUT2D eigenvalue weighted by atomic mass is 10.1. The number of thiazole rings is 1. The zero-order chi connectivity index (χ0) is 24.1. The lowest BCUT2D eigenvalue weighted by molar-refractivity contribution is 0.0527. The molecular weight excluding hydrogens is 479 g/mol. The van der Waals surface area contributed by atoms with Gasteiger partial charge in [0.05, 0.1) is 22.2 Å². The number of hydrogen-bond donors (Lipinski definition) is 0. The van der Waals surface area contributed by atoms with E-state index in [1.165, 1.54) is 17.4 Å². The second-order valence-corrected chi connectivity index (χ2v) is 10.0. The zero-order valence-corrected chi connectivity index (χ0v) is 20.7. The molecule has 0 N–H and O–H groups in total. The van der Waals surface area contributed by atoms with Gasteiger partial charge in [-0.25, -0.2) is 14.2 Å². The molecule has 0 amide bonds. The Kier molecular flexibility index (Phi) is 5.95. The molecule has 3 aromatic heterocycles. The molecule has 7 nitrogen and oxygen atoms in total. The number of hydrogen-bond acceptors (Lipinski definition) is 7. The molecule has 1 saturated heterocycles. The third kappa shape index (κ3) is 3.72. The highest BCUT2D eigenvalue weighted by atomic mass is 35.5. The minimum Gasteiger partial charge on any atom is -0.462 e. The van der Waals surface area contributed by atoms with E-state index in [-0.39, 0.29) is 23.4 Å². The maximum absolute atomic E-state index is 15.3. The summed E-state index contributed by atoms with van der Waals surface area (Å²) in [6, 6.07) is 6.94. The van der Waals surface area contributed by atoms with Crippen molar-refractivity contribution in [2.24, 2.45) is 0 Å². The molecule has 1 aliphatic heterocycles. The summed E-state index contributed by atoms with van der Waals surface area (Å²) in [4.78, 5) is 35.5. The number of halogens is 2. The summed E-state index contributed by atoms with van der Waals surface area (Å²) in [6.07, 6.45) is 0. The molecule has 0 unspecified atom stereocenters. The number of anilines is 1. The van der Waals surface area contributed by atoms with Crippen molar-refractivity contribution in [3.05, 3.63) is 50.9 Å². The van der Waals surface area contributed by atoms with Crippen molar-refractivity contribution in [3.8, 4) is 0 Å². The molecule has 10 heteroatoms. The summed E-state index contributed by atoms with van der Waals surface area (Å²) in [5.74, 6) is -1.12. The highest BCUT2D eigenvalue weighted by molar-refractivity contribution is 7.24. The fourth-order valence-electron chi connectivity index (χ4n) is 4.48. The molecule has 0 saturated carbocycles. The first-order valence-electron chi connectivity index (χ1n) is 11.2. The summed E-state index contributed by atoms with van der Waals surface area (Å²) in [7, 11) is 0. The van der Waals surface area contributed by atoms with Crippen molar-refractivity contribution >= 4 is 60.8 Å². The maximum atomic E-state index is 15.3. The third-order valence-corrected chi connectivity index (χ3v) is 7.61. The second-order valence-electron chi connectivity index (χ2n) is 8.56. The highest BCUT2D eigenvalue weighted by Crippen LogP contribution is 2.34. The van der Waals surface area contributed by atoms with E-state index in [1.54, 1.807) is 23.5 Å². The lowest BCUT2D eigenvalue weighted by Gasteiger charge is -2.37. The summed E-state index contributed by atoms with van der Waals surface area (Å²) in [5, 5.41) is 0.533. The van der Waals surface area contributed by atoms with Crippen LogP contribution in [0.1, 0.15) is 31.1 Å². The Balaban J connectivity index is 1.79. The molecule has 4 aromatic rings. The Hall–Kier alpha value is -2.75. The molecule has 0 spiro atoms. The van der Waals surface area contributed by atoms with Gasteiger partial charge >= 0.3 is 5.97 Å². The minimum atomic E-state index is -0.737. The van der Waals surface area contributed by atoms with Crippen LogP contribution in [0.2, 0.25) is 5.02 Å². The molecule has 0 aliphatic carbocycles. The van der Waals surface area contributed by atoms with Gasteiger partial charge in [0.2, 0.25) is 5.43 Å². The Bertz CT molecular complexity index is 1490. The van der Waals surface area contributed by atoms with Gasteiger partial charge < -0.3 is 9.64 Å². The van der Waals surface area contributed by atoms with Crippen molar-refractivity contribution < 1.29 is 13.9 Å².